The molecule has 4 heterocycles. The smallest absolute Gasteiger partial charge is 0.225 e. The van der Waals surface area contributed by atoms with Crippen LogP contribution in [0.5, 0.6) is 0 Å². The number of hydrogen-bond donors (Lipinski definition) is 1. The van der Waals surface area contributed by atoms with Gasteiger partial charge in [-0.1, -0.05) is 5.16 Å². The molecule has 1 spiro atoms. The van der Waals surface area contributed by atoms with Crippen LogP contribution < -0.4 is 0 Å². The largest absolute Gasteiger partial charge is 0.373 e. The second-order valence-corrected chi connectivity index (χ2v) is 7.07. The van der Waals surface area contributed by atoms with E-state index in [1.807, 2.05) is 11.1 Å². The van der Waals surface area contributed by atoms with Gasteiger partial charge in [-0.2, -0.15) is 4.98 Å². The van der Waals surface area contributed by atoms with E-state index >= 15 is 0 Å². The highest BCUT2D eigenvalue weighted by Crippen LogP contribution is 2.31. The van der Waals surface area contributed by atoms with E-state index in [2.05, 4.69) is 25.0 Å². The number of imidazole rings is 1. The molecule has 26 heavy (non-hydrogen) atoms. The van der Waals surface area contributed by atoms with E-state index in [0.29, 0.717) is 37.8 Å². The Morgan fingerprint density at radius 1 is 1.31 bits per heavy atom. The third-order valence-electron chi connectivity index (χ3n) is 5.15. The van der Waals surface area contributed by atoms with E-state index in [1.54, 1.807) is 13.1 Å². The van der Waals surface area contributed by atoms with Crippen LogP contribution in [0.2, 0.25) is 0 Å². The van der Waals surface area contributed by atoms with Gasteiger partial charge in [0.05, 0.1) is 38.3 Å². The Bertz CT molecular complexity index is 736. The summed E-state index contributed by atoms with van der Waals surface area (Å²) < 4.78 is 11.2. The van der Waals surface area contributed by atoms with Crippen molar-refractivity contribution >= 4 is 5.91 Å². The number of nitrogens with one attached hydrogen (secondary N) is 1. The topological polar surface area (TPSA) is 100 Å². The van der Waals surface area contributed by atoms with E-state index in [1.165, 1.54) is 0 Å². The van der Waals surface area contributed by atoms with Crippen LogP contribution in [-0.4, -0.2) is 67.7 Å². The van der Waals surface area contributed by atoms with Crippen molar-refractivity contribution in [2.24, 2.45) is 0 Å². The number of ether oxygens (including phenoxy) is 1. The number of aromatic nitrogens is 4. The molecule has 1 N–H and O–H groups in total. The number of nitrogens with zero attached hydrogens (tertiary/aromatic N) is 5. The summed E-state index contributed by atoms with van der Waals surface area (Å²) in [6, 6.07) is 0. The van der Waals surface area contributed by atoms with Gasteiger partial charge in [0.15, 0.2) is 5.82 Å². The molecule has 0 saturated carbocycles. The molecule has 4 rings (SSSR count). The fraction of sp³-hybridized carbons (Fsp3) is 0.647. The Hall–Kier alpha value is -2.26. The van der Waals surface area contributed by atoms with Gasteiger partial charge in [-0.15, -0.1) is 0 Å². The fourth-order valence-electron chi connectivity index (χ4n) is 3.73. The lowest BCUT2D eigenvalue weighted by molar-refractivity contribution is -0.132. The Morgan fingerprint density at radius 3 is 2.85 bits per heavy atom. The zero-order valence-electron chi connectivity index (χ0n) is 15.0. The molecule has 0 aliphatic carbocycles. The number of H-pyrrole nitrogens is 1. The molecular weight excluding hydrogens is 336 g/mol. The molecule has 2 fully saturated rings. The van der Waals surface area contributed by atoms with Gasteiger partial charge in [0.1, 0.15) is 5.82 Å². The molecule has 2 aromatic rings. The van der Waals surface area contributed by atoms with Crippen molar-refractivity contribution in [1.82, 2.24) is 29.9 Å². The number of likely N-dealkylation sites (tertiary alicyclic amines) is 1. The Morgan fingerprint density at radius 2 is 2.15 bits per heavy atom. The second-order valence-electron chi connectivity index (χ2n) is 7.07. The summed E-state index contributed by atoms with van der Waals surface area (Å²) in [6.07, 6.45) is 5.80. The molecule has 2 saturated heterocycles. The zero-order valence-corrected chi connectivity index (χ0v) is 15.0. The number of aryl methyl sites for hydroxylation is 1. The van der Waals surface area contributed by atoms with Crippen LogP contribution in [0.1, 0.15) is 36.8 Å². The van der Waals surface area contributed by atoms with Gasteiger partial charge in [-0.05, 0) is 12.8 Å². The van der Waals surface area contributed by atoms with Crippen LogP contribution in [-0.2, 0) is 22.6 Å². The first-order valence-corrected chi connectivity index (χ1v) is 9.03. The summed E-state index contributed by atoms with van der Waals surface area (Å²) in [4.78, 5) is 28.3. The highest BCUT2D eigenvalue weighted by molar-refractivity contribution is 5.76. The lowest BCUT2D eigenvalue weighted by Crippen LogP contribution is -2.51. The normalized spacial score (nSPS) is 21.3. The summed E-state index contributed by atoms with van der Waals surface area (Å²) in [5.74, 6) is 2.12. The Kier molecular flexibility index (Phi) is 4.73. The van der Waals surface area contributed by atoms with Gasteiger partial charge < -0.3 is 19.1 Å². The molecule has 0 radical (unpaired) electrons. The predicted molar refractivity (Wildman–Crippen MR) is 90.9 cm³/mol. The second kappa shape index (κ2) is 7.16. The maximum Gasteiger partial charge on any atom is 0.225 e. The average molecular weight is 360 g/mol. The summed E-state index contributed by atoms with van der Waals surface area (Å²) in [5.41, 5.74) is -0.287. The van der Waals surface area contributed by atoms with Gasteiger partial charge in [-0.25, -0.2) is 4.98 Å². The standard InChI is InChI=1S/C17H24N6O3/c1-13-20-15(21-26-13)11-23-12-17(25-9-2-16(23)24)3-7-22(8-4-17)10-14-18-5-6-19-14/h5-6H,2-4,7-12H2,1H3,(H,18,19). The monoisotopic (exact) mass is 360 g/mol. The molecular formula is C17H24N6O3. The number of carbonyl (C=O) groups excluding carboxylic acids is 1. The summed E-state index contributed by atoms with van der Waals surface area (Å²) >= 11 is 0. The highest BCUT2D eigenvalue weighted by atomic mass is 16.5. The molecule has 0 unspecified atom stereocenters. The number of piperidine rings is 1. The third-order valence-corrected chi connectivity index (χ3v) is 5.15. The van der Waals surface area contributed by atoms with Crippen LogP contribution in [0.15, 0.2) is 16.9 Å². The summed E-state index contributed by atoms with van der Waals surface area (Å²) in [7, 11) is 0. The SMILES string of the molecule is Cc1nc(CN2CC3(CCN(Cc4ncc[nH]4)CC3)OCCC2=O)no1. The first-order chi connectivity index (χ1) is 12.6. The van der Waals surface area contributed by atoms with Crippen molar-refractivity contribution in [3.05, 3.63) is 29.9 Å². The fourth-order valence-corrected chi connectivity index (χ4v) is 3.73. The Labute approximate surface area is 151 Å². The lowest BCUT2D eigenvalue weighted by atomic mass is 9.90. The Balaban J connectivity index is 1.40. The lowest BCUT2D eigenvalue weighted by Gasteiger charge is -2.42. The van der Waals surface area contributed by atoms with Gasteiger partial charge in [0.25, 0.3) is 0 Å². The van der Waals surface area contributed by atoms with E-state index in [0.717, 1.165) is 38.3 Å². The first kappa shape index (κ1) is 17.2. The van der Waals surface area contributed by atoms with Crippen molar-refractivity contribution in [2.45, 2.75) is 44.9 Å². The van der Waals surface area contributed by atoms with Gasteiger partial charge in [0.2, 0.25) is 11.8 Å². The van der Waals surface area contributed by atoms with Crippen molar-refractivity contribution in [1.29, 1.82) is 0 Å². The molecule has 0 aromatic carbocycles. The van der Waals surface area contributed by atoms with E-state index < -0.39 is 0 Å². The minimum Gasteiger partial charge on any atom is -0.373 e. The van der Waals surface area contributed by atoms with Crippen molar-refractivity contribution in [3.63, 3.8) is 0 Å². The predicted octanol–water partition coefficient (Wildman–Crippen LogP) is 0.885. The quantitative estimate of drug-likeness (QED) is 0.864. The number of rotatable bonds is 4. The highest BCUT2D eigenvalue weighted by Gasteiger charge is 2.40. The molecule has 9 nitrogen and oxygen atoms in total. The van der Waals surface area contributed by atoms with Crippen LogP contribution >= 0.6 is 0 Å². The van der Waals surface area contributed by atoms with Gasteiger partial charge >= 0.3 is 0 Å². The number of amides is 1. The van der Waals surface area contributed by atoms with Gasteiger partial charge in [0, 0.05) is 32.4 Å². The van der Waals surface area contributed by atoms with Crippen molar-refractivity contribution in [2.75, 3.05) is 26.2 Å². The molecule has 2 aliphatic heterocycles. The van der Waals surface area contributed by atoms with E-state index in [4.69, 9.17) is 9.26 Å². The van der Waals surface area contributed by atoms with Crippen LogP contribution in [0.25, 0.3) is 0 Å². The molecule has 2 aromatic heterocycles. The zero-order chi connectivity index (χ0) is 18.0. The number of carbonyl (C=O) groups is 1. The minimum atomic E-state index is -0.287. The molecule has 9 heteroatoms. The maximum atomic E-state index is 12.5. The van der Waals surface area contributed by atoms with E-state index in [9.17, 15) is 4.79 Å². The van der Waals surface area contributed by atoms with Crippen LogP contribution in [0, 0.1) is 6.92 Å². The summed E-state index contributed by atoms with van der Waals surface area (Å²) in [6.45, 7) is 5.83. The molecule has 2 aliphatic rings. The molecule has 0 atom stereocenters. The average Bonchev–Trinajstić information content (AvgIpc) is 3.25. The first-order valence-electron chi connectivity index (χ1n) is 9.03. The summed E-state index contributed by atoms with van der Waals surface area (Å²) in [5, 5.41) is 3.92. The molecule has 0 bridgehead atoms. The number of hydrogen-bond acceptors (Lipinski definition) is 7. The van der Waals surface area contributed by atoms with E-state index in [-0.39, 0.29) is 11.5 Å². The maximum absolute atomic E-state index is 12.5. The molecule has 140 valence electrons. The van der Waals surface area contributed by atoms with Gasteiger partial charge in [-0.3, -0.25) is 9.69 Å². The molecule has 1 amide bonds. The third kappa shape index (κ3) is 3.78. The minimum absolute atomic E-state index is 0.0855. The van der Waals surface area contributed by atoms with Crippen LogP contribution in [0.3, 0.4) is 0 Å². The van der Waals surface area contributed by atoms with Crippen molar-refractivity contribution < 1.29 is 14.1 Å². The number of aromatic amines is 1. The van der Waals surface area contributed by atoms with Crippen molar-refractivity contribution in [3.8, 4) is 0 Å². The van der Waals surface area contributed by atoms with Crippen LogP contribution in [0.4, 0.5) is 0 Å².